The van der Waals surface area contributed by atoms with Crippen LogP contribution in [0.15, 0.2) is 91.0 Å². The molecule has 0 spiro atoms. The molecule has 34 heavy (non-hydrogen) atoms. The zero-order valence-electron chi connectivity index (χ0n) is 19.5. The summed E-state index contributed by atoms with van der Waals surface area (Å²) < 4.78 is 12.5. The topological polar surface area (TPSA) is 21.7 Å². The number of nitrogens with zero attached hydrogens (tertiary/aromatic N) is 1. The molecule has 0 aliphatic carbocycles. The van der Waals surface area contributed by atoms with Crippen LogP contribution in [0.25, 0.3) is 16.8 Å². The number of rotatable bonds is 4. The van der Waals surface area contributed by atoms with E-state index in [1.54, 1.807) is 7.11 Å². The Morgan fingerprint density at radius 1 is 0.765 bits per heavy atom. The van der Waals surface area contributed by atoms with E-state index in [4.69, 9.17) is 9.47 Å². The Balaban J connectivity index is 1.54. The molecular weight excluding hydrogens is 418 g/mol. The van der Waals surface area contributed by atoms with Gasteiger partial charge in [-0.1, -0.05) is 66.7 Å². The molecule has 1 fully saturated rings. The van der Waals surface area contributed by atoms with E-state index in [2.05, 4.69) is 83.8 Å². The standard InChI is InChI=1S/C31H29NO2/c1-33-25-16-14-24(15-17-25)31(23-10-4-2-5-11-23)19-18-28-26-12-6-7-13-27(26)29(22-30(28)34-31)32-20-8-3-9-21-32/h2,4-7,10-19,22H,3,8-9,20-21H2,1H3. The Hall–Kier alpha value is -3.72. The lowest BCUT2D eigenvalue weighted by Gasteiger charge is -2.38. The molecule has 1 saturated heterocycles. The summed E-state index contributed by atoms with van der Waals surface area (Å²) in [4.78, 5) is 2.53. The largest absolute Gasteiger partial charge is 0.497 e. The molecule has 1 unspecified atom stereocenters. The monoisotopic (exact) mass is 447 g/mol. The van der Waals surface area contributed by atoms with Crippen molar-refractivity contribution >= 4 is 22.5 Å². The Labute approximate surface area is 201 Å². The van der Waals surface area contributed by atoms with Gasteiger partial charge in [-0.15, -0.1) is 0 Å². The number of methoxy groups -OCH3 is 1. The van der Waals surface area contributed by atoms with E-state index in [9.17, 15) is 0 Å². The number of ether oxygens (including phenoxy) is 2. The average Bonchev–Trinajstić information content (AvgIpc) is 2.93. The van der Waals surface area contributed by atoms with Gasteiger partial charge in [0.05, 0.1) is 7.11 Å². The zero-order valence-corrected chi connectivity index (χ0v) is 19.5. The molecule has 2 heterocycles. The number of anilines is 1. The fourth-order valence-electron chi connectivity index (χ4n) is 5.42. The first-order valence-corrected chi connectivity index (χ1v) is 12.2. The van der Waals surface area contributed by atoms with Gasteiger partial charge >= 0.3 is 0 Å². The lowest BCUT2D eigenvalue weighted by atomic mass is 9.83. The SMILES string of the molecule is COc1ccc(C2(c3ccccc3)C=Cc3c(cc(N4CCCCC4)c4ccccc34)O2)cc1. The third kappa shape index (κ3) is 3.43. The second kappa shape index (κ2) is 8.57. The molecule has 3 heteroatoms. The second-order valence-corrected chi connectivity index (χ2v) is 9.17. The van der Waals surface area contributed by atoms with E-state index >= 15 is 0 Å². The molecule has 0 aromatic heterocycles. The summed E-state index contributed by atoms with van der Waals surface area (Å²) in [7, 11) is 1.70. The number of piperidine rings is 1. The van der Waals surface area contributed by atoms with E-state index in [1.165, 1.54) is 35.7 Å². The summed E-state index contributed by atoms with van der Waals surface area (Å²) >= 11 is 0. The van der Waals surface area contributed by atoms with Crippen molar-refractivity contribution in [3.05, 3.63) is 108 Å². The molecule has 0 N–H and O–H groups in total. The van der Waals surface area contributed by atoms with E-state index < -0.39 is 5.60 Å². The van der Waals surface area contributed by atoms with Crippen LogP contribution in [0.1, 0.15) is 36.0 Å². The normalized spacial score (nSPS) is 19.5. The van der Waals surface area contributed by atoms with Crippen LogP contribution < -0.4 is 14.4 Å². The lowest BCUT2D eigenvalue weighted by molar-refractivity contribution is 0.161. The molecule has 0 saturated carbocycles. The summed E-state index contributed by atoms with van der Waals surface area (Å²) in [5.74, 6) is 1.77. The van der Waals surface area contributed by atoms with Gasteiger partial charge in [0.15, 0.2) is 5.60 Å². The highest BCUT2D eigenvalue weighted by Crippen LogP contribution is 2.47. The highest BCUT2D eigenvalue weighted by Gasteiger charge is 2.38. The first kappa shape index (κ1) is 20.9. The Bertz CT molecular complexity index is 1340. The molecule has 2 aliphatic heterocycles. The molecule has 2 aliphatic rings. The highest BCUT2D eigenvalue weighted by molar-refractivity contribution is 6.02. The zero-order chi connectivity index (χ0) is 23.0. The first-order chi connectivity index (χ1) is 16.8. The molecule has 3 nitrogen and oxygen atoms in total. The molecule has 6 rings (SSSR count). The minimum Gasteiger partial charge on any atom is -0.497 e. The van der Waals surface area contributed by atoms with Crippen molar-refractivity contribution in [1.82, 2.24) is 0 Å². The van der Waals surface area contributed by atoms with Crippen LogP contribution in [-0.4, -0.2) is 20.2 Å². The minimum atomic E-state index is -0.706. The quantitative estimate of drug-likeness (QED) is 0.330. The maximum Gasteiger partial charge on any atom is 0.178 e. The van der Waals surface area contributed by atoms with Crippen LogP contribution in [0.5, 0.6) is 11.5 Å². The molecule has 1 atom stereocenters. The molecule has 0 radical (unpaired) electrons. The molecule has 0 amide bonds. The van der Waals surface area contributed by atoms with Gasteiger partial charge in [-0.3, -0.25) is 0 Å². The number of fused-ring (bicyclic) bond motifs is 3. The summed E-state index contributed by atoms with van der Waals surface area (Å²) in [6.07, 6.45) is 8.25. The first-order valence-electron chi connectivity index (χ1n) is 12.2. The van der Waals surface area contributed by atoms with Crippen molar-refractivity contribution in [3.8, 4) is 11.5 Å². The summed E-state index contributed by atoms with van der Waals surface area (Å²) in [6, 6.07) is 29.7. The summed E-state index contributed by atoms with van der Waals surface area (Å²) in [5.41, 5.74) is 3.91. The maximum atomic E-state index is 7.05. The number of hydrogen-bond donors (Lipinski definition) is 0. The van der Waals surface area contributed by atoms with Crippen molar-refractivity contribution in [2.75, 3.05) is 25.1 Å². The van der Waals surface area contributed by atoms with E-state index in [0.717, 1.165) is 41.3 Å². The van der Waals surface area contributed by atoms with Gasteiger partial charge < -0.3 is 14.4 Å². The predicted molar refractivity (Wildman–Crippen MR) is 140 cm³/mol. The van der Waals surface area contributed by atoms with Crippen molar-refractivity contribution in [2.45, 2.75) is 24.9 Å². The minimum absolute atomic E-state index is 0.706. The fourth-order valence-corrected chi connectivity index (χ4v) is 5.42. The Morgan fingerprint density at radius 2 is 1.44 bits per heavy atom. The van der Waals surface area contributed by atoms with Crippen LogP contribution in [0.3, 0.4) is 0 Å². The maximum absolute atomic E-state index is 7.05. The van der Waals surface area contributed by atoms with Crippen LogP contribution >= 0.6 is 0 Å². The van der Waals surface area contributed by atoms with E-state index in [-0.39, 0.29) is 0 Å². The second-order valence-electron chi connectivity index (χ2n) is 9.17. The summed E-state index contributed by atoms with van der Waals surface area (Å²) in [6.45, 7) is 2.20. The third-order valence-corrected chi connectivity index (χ3v) is 7.20. The number of benzene rings is 4. The van der Waals surface area contributed by atoms with Gasteiger partial charge in [-0.2, -0.15) is 0 Å². The van der Waals surface area contributed by atoms with Gasteiger partial charge in [-0.05, 0) is 48.9 Å². The van der Waals surface area contributed by atoms with Crippen LogP contribution in [0.4, 0.5) is 5.69 Å². The Morgan fingerprint density at radius 3 is 2.18 bits per heavy atom. The van der Waals surface area contributed by atoms with Gasteiger partial charge in [-0.25, -0.2) is 0 Å². The van der Waals surface area contributed by atoms with Crippen molar-refractivity contribution in [3.63, 3.8) is 0 Å². The van der Waals surface area contributed by atoms with Crippen molar-refractivity contribution in [2.24, 2.45) is 0 Å². The van der Waals surface area contributed by atoms with Gasteiger partial charge in [0.2, 0.25) is 0 Å². The predicted octanol–water partition coefficient (Wildman–Crippen LogP) is 7.19. The fraction of sp³-hybridized carbons (Fsp3) is 0.226. The number of hydrogen-bond acceptors (Lipinski definition) is 3. The average molecular weight is 448 g/mol. The molecular formula is C31H29NO2. The smallest absolute Gasteiger partial charge is 0.178 e. The molecule has 4 aromatic rings. The van der Waals surface area contributed by atoms with Crippen molar-refractivity contribution < 1.29 is 9.47 Å². The van der Waals surface area contributed by atoms with Crippen LogP contribution in [0.2, 0.25) is 0 Å². The lowest BCUT2D eigenvalue weighted by Crippen LogP contribution is -2.34. The van der Waals surface area contributed by atoms with E-state index in [1.807, 2.05) is 18.2 Å². The van der Waals surface area contributed by atoms with Gasteiger partial charge in [0.1, 0.15) is 11.5 Å². The third-order valence-electron chi connectivity index (χ3n) is 7.20. The van der Waals surface area contributed by atoms with Gasteiger partial charge in [0, 0.05) is 46.9 Å². The molecule has 170 valence electrons. The summed E-state index contributed by atoms with van der Waals surface area (Å²) in [5, 5.41) is 2.54. The van der Waals surface area contributed by atoms with Crippen LogP contribution in [0, 0.1) is 0 Å². The van der Waals surface area contributed by atoms with Crippen LogP contribution in [-0.2, 0) is 5.60 Å². The van der Waals surface area contributed by atoms with E-state index in [0.29, 0.717) is 0 Å². The molecule has 4 aromatic carbocycles. The molecule has 0 bridgehead atoms. The highest BCUT2D eigenvalue weighted by atomic mass is 16.5. The van der Waals surface area contributed by atoms with Crippen molar-refractivity contribution in [1.29, 1.82) is 0 Å². The van der Waals surface area contributed by atoms with Gasteiger partial charge in [0.25, 0.3) is 0 Å². The Kier molecular flexibility index (Phi) is 5.26.